The van der Waals surface area contributed by atoms with Gasteiger partial charge in [-0.1, -0.05) is 41.4 Å². The third-order valence-electron chi connectivity index (χ3n) is 4.16. The van der Waals surface area contributed by atoms with Gasteiger partial charge in [0.25, 0.3) is 5.56 Å². The Balaban J connectivity index is 1.52. The van der Waals surface area contributed by atoms with Crippen molar-refractivity contribution in [2.45, 2.75) is 19.7 Å². The topological polar surface area (TPSA) is 76.1 Å². The summed E-state index contributed by atoms with van der Waals surface area (Å²) in [4.78, 5) is 25.4. The Morgan fingerprint density at radius 2 is 1.79 bits per heavy atom. The third kappa shape index (κ3) is 5.25. The highest BCUT2D eigenvalue weighted by atomic mass is 35.5. The fraction of sp³-hybridized carbons (Fsp3) is 0.200. The standard InChI is InChI=1S/C20H19Cl2N3O3/c1-25-11-15(19(26)24-20(25)27)10-23-9-13-2-6-17(7-3-13)28-12-14-4-5-16(21)8-18(14)22/h2-8,11,23H,9-10,12H2,1H3,(H,24,26,27). The van der Waals surface area contributed by atoms with Crippen LogP contribution in [0.15, 0.2) is 58.3 Å². The Bertz CT molecular complexity index is 1080. The van der Waals surface area contributed by atoms with E-state index in [1.165, 1.54) is 10.8 Å². The van der Waals surface area contributed by atoms with Crippen LogP contribution in [0.1, 0.15) is 16.7 Å². The largest absolute Gasteiger partial charge is 0.489 e. The molecule has 0 fully saturated rings. The van der Waals surface area contributed by atoms with Crippen LogP contribution in [-0.2, 0) is 26.7 Å². The van der Waals surface area contributed by atoms with Crippen LogP contribution in [0.25, 0.3) is 0 Å². The van der Waals surface area contributed by atoms with E-state index < -0.39 is 5.69 Å². The molecular weight excluding hydrogens is 401 g/mol. The normalized spacial score (nSPS) is 10.8. The Morgan fingerprint density at radius 1 is 1.04 bits per heavy atom. The molecule has 1 aromatic heterocycles. The van der Waals surface area contributed by atoms with E-state index in [4.69, 9.17) is 27.9 Å². The molecule has 0 saturated carbocycles. The lowest BCUT2D eigenvalue weighted by molar-refractivity contribution is 0.306. The van der Waals surface area contributed by atoms with Gasteiger partial charge in [0.2, 0.25) is 0 Å². The Kier molecular flexibility index (Phi) is 6.57. The Hall–Kier alpha value is -2.54. The van der Waals surface area contributed by atoms with Crippen molar-refractivity contribution in [3.63, 3.8) is 0 Å². The van der Waals surface area contributed by atoms with Gasteiger partial charge in [-0.05, 0) is 29.8 Å². The fourth-order valence-electron chi connectivity index (χ4n) is 2.59. The molecule has 6 nitrogen and oxygen atoms in total. The van der Waals surface area contributed by atoms with E-state index in [-0.39, 0.29) is 5.56 Å². The molecule has 0 aliphatic rings. The summed E-state index contributed by atoms with van der Waals surface area (Å²) >= 11 is 12.0. The number of halogens is 2. The van der Waals surface area contributed by atoms with Gasteiger partial charge in [-0.25, -0.2) is 4.79 Å². The molecular formula is C20H19Cl2N3O3. The summed E-state index contributed by atoms with van der Waals surface area (Å²) in [6.45, 7) is 1.28. The second kappa shape index (κ2) is 9.10. The predicted molar refractivity (Wildman–Crippen MR) is 110 cm³/mol. The maximum absolute atomic E-state index is 11.8. The summed E-state index contributed by atoms with van der Waals surface area (Å²) in [6, 6.07) is 12.9. The Morgan fingerprint density at radius 3 is 2.50 bits per heavy atom. The second-order valence-electron chi connectivity index (χ2n) is 6.30. The van der Waals surface area contributed by atoms with Gasteiger partial charge in [-0.15, -0.1) is 0 Å². The van der Waals surface area contributed by atoms with Crippen molar-refractivity contribution in [2.75, 3.05) is 0 Å². The SMILES string of the molecule is Cn1cc(CNCc2ccc(OCc3ccc(Cl)cc3Cl)cc2)c(=O)[nH]c1=O. The number of aromatic nitrogens is 2. The number of H-pyrrole nitrogens is 1. The maximum Gasteiger partial charge on any atom is 0.328 e. The highest BCUT2D eigenvalue weighted by molar-refractivity contribution is 6.35. The van der Waals surface area contributed by atoms with Gasteiger partial charge < -0.3 is 14.6 Å². The van der Waals surface area contributed by atoms with Crippen LogP contribution in [0.3, 0.4) is 0 Å². The smallest absolute Gasteiger partial charge is 0.328 e. The molecule has 2 aromatic carbocycles. The lowest BCUT2D eigenvalue weighted by atomic mass is 10.2. The van der Waals surface area contributed by atoms with E-state index >= 15 is 0 Å². The molecule has 3 aromatic rings. The lowest BCUT2D eigenvalue weighted by Crippen LogP contribution is -2.32. The van der Waals surface area contributed by atoms with E-state index in [1.807, 2.05) is 30.3 Å². The van der Waals surface area contributed by atoms with Crippen LogP contribution >= 0.6 is 23.2 Å². The first-order valence-corrected chi connectivity index (χ1v) is 9.33. The summed E-state index contributed by atoms with van der Waals surface area (Å²) in [7, 11) is 1.59. The number of aromatic amines is 1. The van der Waals surface area contributed by atoms with Gasteiger partial charge in [0.1, 0.15) is 12.4 Å². The zero-order valence-corrected chi connectivity index (χ0v) is 16.7. The molecule has 146 valence electrons. The molecule has 0 amide bonds. The van der Waals surface area contributed by atoms with E-state index in [0.29, 0.717) is 35.3 Å². The van der Waals surface area contributed by atoms with E-state index in [1.54, 1.807) is 19.2 Å². The van der Waals surface area contributed by atoms with Crippen LogP contribution < -0.4 is 21.3 Å². The molecule has 0 unspecified atom stereocenters. The number of rotatable bonds is 7. The van der Waals surface area contributed by atoms with Crippen molar-refractivity contribution in [3.05, 3.63) is 96.2 Å². The van der Waals surface area contributed by atoms with E-state index in [9.17, 15) is 9.59 Å². The van der Waals surface area contributed by atoms with Crippen molar-refractivity contribution < 1.29 is 4.74 Å². The number of ether oxygens (including phenoxy) is 1. The number of hydrogen-bond donors (Lipinski definition) is 2. The number of nitrogens with zero attached hydrogens (tertiary/aromatic N) is 1. The average molecular weight is 420 g/mol. The molecule has 1 heterocycles. The number of nitrogens with one attached hydrogen (secondary N) is 2. The first-order valence-electron chi connectivity index (χ1n) is 8.57. The van der Waals surface area contributed by atoms with Gasteiger partial charge in [0.15, 0.2) is 0 Å². The highest BCUT2D eigenvalue weighted by Crippen LogP contribution is 2.22. The number of aryl methyl sites for hydroxylation is 1. The molecule has 0 aliphatic carbocycles. The molecule has 0 atom stereocenters. The molecule has 0 aliphatic heterocycles. The van der Waals surface area contributed by atoms with Gasteiger partial charge in [-0.2, -0.15) is 0 Å². The van der Waals surface area contributed by atoms with Crippen molar-refractivity contribution in [1.82, 2.24) is 14.9 Å². The predicted octanol–water partition coefficient (Wildman–Crippen LogP) is 3.25. The van der Waals surface area contributed by atoms with E-state index in [2.05, 4.69) is 10.3 Å². The van der Waals surface area contributed by atoms with Gasteiger partial charge >= 0.3 is 5.69 Å². The molecule has 0 bridgehead atoms. The third-order valence-corrected chi connectivity index (χ3v) is 4.75. The zero-order valence-electron chi connectivity index (χ0n) is 15.2. The van der Waals surface area contributed by atoms with Crippen molar-refractivity contribution in [2.24, 2.45) is 7.05 Å². The first kappa shape index (κ1) is 20.2. The molecule has 3 rings (SSSR count). The van der Waals surface area contributed by atoms with Crippen molar-refractivity contribution in [1.29, 1.82) is 0 Å². The van der Waals surface area contributed by atoms with Crippen molar-refractivity contribution >= 4 is 23.2 Å². The fourth-order valence-corrected chi connectivity index (χ4v) is 3.05. The minimum absolute atomic E-state index is 0.350. The van der Waals surface area contributed by atoms with Crippen LogP contribution in [0, 0.1) is 0 Å². The van der Waals surface area contributed by atoms with Crippen molar-refractivity contribution in [3.8, 4) is 5.75 Å². The minimum atomic E-state index is -0.427. The lowest BCUT2D eigenvalue weighted by Gasteiger charge is -2.09. The van der Waals surface area contributed by atoms with Crippen LogP contribution in [0.5, 0.6) is 5.75 Å². The molecule has 28 heavy (non-hydrogen) atoms. The van der Waals surface area contributed by atoms with Crippen LogP contribution in [0.2, 0.25) is 10.0 Å². The average Bonchev–Trinajstić information content (AvgIpc) is 2.66. The monoisotopic (exact) mass is 419 g/mol. The molecule has 0 saturated heterocycles. The van der Waals surface area contributed by atoms with Gasteiger partial charge in [0.05, 0.1) is 0 Å². The number of hydrogen-bond acceptors (Lipinski definition) is 4. The second-order valence-corrected chi connectivity index (χ2v) is 7.14. The molecule has 2 N–H and O–H groups in total. The zero-order chi connectivity index (χ0) is 20.1. The van der Waals surface area contributed by atoms with E-state index in [0.717, 1.165) is 16.9 Å². The summed E-state index contributed by atoms with van der Waals surface area (Å²) in [6.07, 6.45) is 1.53. The van der Waals surface area contributed by atoms with Gasteiger partial charge in [0, 0.05) is 47.5 Å². The summed E-state index contributed by atoms with van der Waals surface area (Å²) in [5, 5.41) is 4.35. The molecule has 8 heteroatoms. The minimum Gasteiger partial charge on any atom is -0.489 e. The van der Waals surface area contributed by atoms with Crippen LogP contribution in [-0.4, -0.2) is 9.55 Å². The van der Waals surface area contributed by atoms with Gasteiger partial charge in [-0.3, -0.25) is 9.78 Å². The Labute approximate surface area is 171 Å². The first-order chi connectivity index (χ1) is 13.4. The highest BCUT2D eigenvalue weighted by Gasteiger charge is 2.04. The summed E-state index contributed by atoms with van der Waals surface area (Å²) < 4.78 is 7.10. The molecule has 0 radical (unpaired) electrons. The summed E-state index contributed by atoms with van der Waals surface area (Å²) in [5.41, 5.74) is 1.60. The van der Waals surface area contributed by atoms with Crippen LogP contribution in [0.4, 0.5) is 0 Å². The number of benzene rings is 2. The summed E-state index contributed by atoms with van der Waals surface area (Å²) in [5.74, 6) is 0.726. The maximum atomic E-state index is 11.8. The quantitative estimate of drug-likeness (QED) is 0.616. The molecule has 0 spiro atoms.